The van der Waals surface area contributed by atoms with E-state index in [1.54, 1.807) is 0 Å². The molecule has 0 aliphatic heterocycles. The number of amides is 1. The van der Waals surface area contributed by atoms with Crippen molar-refractivity contribution in [2.45, 2.75) is 82.6 Å². The molecule has 5 rings (SSSR count). The van der Waals surface area contributed by atoms with Gasteiger partial charge in [0.15, 0.2) is 6.61 Å². The zero-order chi connectivity index (χ0) is 15.7. The SMILES string of the molecule is O=C(CON=C1CCCCCC1)NC12CC3CC(CC(C3)C1)C2. The summed E-state index contributed by atoms with van der Waals surface area (Å²) in [5, 5.41) is 7.57. The van der Waals surface area contributed by atoms with Gasteiger partial charge in [-0.05, 0) is 82.0 Å². The van der Waals surface area contributed by atoms with E-state index in [0.29, 0.717) is 0 Å². The third-order valence-electron chi connectivity index (χ3n) is 6.51. The van der Waals surface area contributed by atoms with E-state index in [1.165, 1.54) is 64.2 Å². The molecule has 1 amide bonds. The molecule has 23 heavy (non-hydrogen) atoms. The van der Waals surface area contributed by atoms with E-state index >= 15 is 0 Å². The number of carbonyl (C=O) groups is 1. The van der Waals surface area contributed by atoms with Gasteiger partial charge in [0.2, 0.25) is 0 Å². The average molecular weight is 318 g/mol. The summed E-state index contributed by atoms with van der Waals surface area (Å²) < 4.78 is 0. The van der Waals surface area contributed by atoms with Gasteiger partial charge in [-0.2, -0.15) is 0 Å². The molecule has 0 aromatic heterocycles. The molecule has 0 atom stereocenters. The Hall–Kier alpha value is -1.06. The minimum atomic E-state index is 0.0323. The summed E-state index contributed by atoms with van der Waals surface area (Å²) in [5.41, 5.74) is 1.23. The molecule has 0 heterocycles. The van der Waals surface area contributed by atoms with Gasteiger partial charge >= 0.3 is 0 Å². The number of nitrogens with zero attached hydrogens (tertiary/aromatic N) is 1. The normalized spacial score (nSPS) is 39.0. The molecule has 5 saturated carbocycles. The summed E-state index contributed by atoms with van der Waals surface area (Å²) in [6, 6.07) is 0. The predicted molar refractivity (Wildman–Crippen MR) is 90.1 cm³/mol. The van der Waals surface area contributed by atoms with Crippen LogP contribution < -0.4 is 5.32 Å². The van der Waals surface area contributed by atoms with E-state index < -0.39 is 0 Å². The van der Waals surface area contributed by atoms with Crippen LogP contribution in [0.1, 0.15) is 77.0 Å². The third kappa shape index (κ3) is 3.56. The van der Waals surface area contributed by atoms with Crippen molar-refractivity contribution in [1.82, 2.24) is 5.32 Å². The van der Waals surface area contributed by atoms with Gasteiger partial charge in [0.05, 0.1) is 5.71 Å². The first kappa shape index (κ1) is 15.5. The summed E-state index contributed by atoms with van der Waals surface area (Å²) in [7, 11) is 0. The molecule has 1 N–H and O–H groups in total. The van der Waals surface area contributed by atoms with Crippen molar-refractivity contribution in [2.75, 3.05) is 6.61 Å². The van der Waals surface area contributed by atoms with Crippen LogP contribution in [0.25, 0.3) is 0 Å². The highest BCUT2D eigenvalue weighted by Gasteiger charge is 2.51. The molecule has 5 aliphatic rings. The molecule has 4 heteroatoms. The van der Waals surface area contributed by atoms with Crippen LogP contribution in [0.2, 0.25) is 0 Å². The van der Waals surface area contributed by atoms with E-state index in [2.05, 4.69) is 10.5 Å². The molecule has 4 nitrogen and oxygen atoms in total. The van der Waals surface area contributed by atoms with Crippen molar-refractivity contribution < 1.29 is 9.63 Å². The van der Waals surface area contributed by atoms with Crippen LogP contribution in [0.15, 0.2) is 5.16 Å². The van der Waals surface area contributed by atoms with Crippen molar-refractivity contribution >= 4 is 11.6 Å². The molecule has 0 aromatic rings. The van der Waals surface area contributed by atoms with Crippen LogP contribution in [0.3, 0.4) is 0 Å². The monoisotopic (exact) mass is 318 g/mol. The van der Waals surface area contributed by atoms with Gasteiger partial charge in [0.25, 0.3) is 5.91 Å². The van der Waals surface area contributed by atoms with Crippen molar-refractivity contribution in [3.63, 3.8) is 0 Å². The van der Waals surface area contributed by atoms with Crippen molar-refractivity contribution in [3.05, 3.63) is 0 Å². The first-order chi connectivity index (χ1) is 11.2. The van der Waals surface area contributed by atoms with Gasteiger partial charge in [-0.3, -0.25) is 4.79 Å². The fourth-order valence-electron chi connectivity index (χ4n) is 6.01. The molecule has 0 aromatic carbocycles. The Kier molecular flexibility index (Phi) is 4.33. The van der Waals surface area contributed by atoms with Gasteiger partial charge in [-0.25, -0.2) is 0 Å². The van der Waals surface area contributed by atoms with E-state index in [-0.39, 0.29) is 18.1 Å². The summed E-state index contributed by atoms with van der Waals surface area (Å²) >= 11 is 0. The topological polar surface area (TPSA) is 50.7 Å². The summed E-state index contributed by atoms with van der Waals surface area (Å²) in [5.74, 6) is 2.60. The number of hydrogen-bond donors (Lipinski definition) is 1. The predicted octanol–water partition coefficient (Wildman–Crippen LogP) is 3.80. The van der Waals surface area contributed by atoms with E-state index in [0.717, 1.165) is 36.3 Å². The van der Waals surface area contributed by atoms with E-state index in [4.69, 9.17) is 4.84 Å². The molecular weight excluding hydrogens is 288 g/mol. The zero-order valence-corrected chi connectivity index (χ0v) is 14.2. The lowest BCUT2D eigenvalue weighted by Crippen LogP contribution is -2.60. The number of nitrogens with one attached hydrogen (secondary N) is 1. The van der Waals surface area contributed by atoms with Crippen LogP contribution in [0.5, 0.6) is 0 Å². The molecule has 0 saturated heterocycles. The van der Waals surface area contributed by atoms with Gasteiger partial charge < -0.3 is 10.2 Å². The quantitative estimate of drug-likeness (QED) is 0.633. The summed E-state index contributed by atoms with van der Waals surface area (Å²) in [4.78, 5) is 17.7. The van der Waals surface area contributed by atoms with Gasteiger partial charge in [0, 0.05) is 5.54 Å². The molecule has 5 fully saturated rings. The molecule has 0 radical (unpaired) electrons. The molecule has 5 aliphatic carbocycles. The largest absolute Gasteiger partial charge is 0.386 e. The van der Waals surface area contributed by atoms with Crippen molar-refractivity contribution in [1.29, 1.82) is 0 Å². The highest BCUT2D eigenvalue weighted by atomic mass is 16.6. The number of hydrogen-bond acceptors (Lipinski definition) is 3. The Morgan fingerprint density at radius 3 is 2.13 bits per heavy atom. The third-order valence-corrected chi connectivity index (χ3v) is 6.51. The first-order valence-electron chi connectivity index (χ1n) is 9.69. The highest BCUT2D eigenvalue weighted by Crippen LogP contribution is 2.55. The van der Waals surface area contributed by atoms with Crippen LogP contribution in [-0.2, 0) is 9.63 Å². The fraction of sp³-hybridized carbons (Fsp3) is 0.895. The molecule has 4 bridgehead atoms. The second-order valence-corrected chi connectivity index (χ2v) is 8.59. The molecule has 0 spiro atoms. The Bertz CT molecular complexity index is 440. The lowest BCUT2D eigenvalue weighted by Gasteiger charge is -2.56. The Balaban J connectivity index is 1.28. The molecular formula is C19H30N2O2. The molecule has 128 valence electrons. The average Bonchev–Trinajstić information content (AvgIpc) is 2.74. The Morgan fingerprint density at radius 1 is 1.00 bits per heavy atom. The van der Waals surface area contributed by atoms with Gasteiger partial charge in [-0.1, -0.05) is 18.0 Å². The van der Waals surface area contributed by atoms with E-state index in [1.807, 2.05) is 0 Å². The Morgan fingerprint density at radius 2 is 1.57 bits per heavy atom. The van der Waals surface area contributed by atoms with Crippen molar-refractivity contribution in [2.24, 2.45) is 22.9 Å². The summed E-state index contributed by atoms with van der Waals surface area (Å²) in [6.45, 7) is 0.0885. The van der Waals surface area contributed by atoms with Crippen LogP contribution in [0, 0.1) is 17.8 Å². The van der Waals surface area contributed by atoms with Gasteiger partial charge in [0.1, 0.15) is 0 Å². The minimum Gasteiger partial charge on any atom is -0.386 e. The van der Waals surface area contributed by atoms with Gasteiger partial charge in [-0.15, -0.1) is 0 Å². The number of carbonyl (C=O) groups excluding carboxylic acids is 1. The lowest BCUT2D eigenvalue weighted by atomic mass is 9.53. The van der Waals surface area contributed by atoms with Crippen LogP contribution >= 0.6 is 0 Å². The summed E-state index contributed by atoms with van der Waals surface area (Å²) in [6.07, 6.45) is 14.9. The zero-order valence-electron chi connectivity index (χ0n) is 14.2. The Labute approximate surface area is 139 Å². The number of rotatable bonds is 4. The lowest BCUT2D eigenvalue weighted by molar-refractivity contribution is -0.131. The van der Waals surface area contributed by atoms with Crippen LogP contribution in [-0.4, -0.2) is 23.8 Å². The first-order valence-corrected chi connectivity index (χ1v) is 9.69. The second kappa shape index (κ2) is 6.45. The van der Waals surface area contributed by atoms with E-state index in [9.17, 15) is 4.79 Å². The maximum atomic E-state index is 12.3. The fourth-order valence-corrected chi connectivity index (χ4v) is 6.01. The highest BCUT2D eigenvalue weighted by molar-refractivity contribution is 5.84. The maximum absolute atomic E-state index is 12.3. The standard InChI is InChI=1S/C19H30N2O2/c22-18(13-23-21-17-5-3-1-2-4-6-17)20-19-10-14-7-15(11-19)9-16(8-14)12-19/h14-16H,1-13H2,(H,20,22). The second-order valence-electron chi connectivity index (χ2n) is 8.59. The smallest absolute Gasteiger partial charge is 0.261 e. The minimum absolute atomic E-state index is 0.0323. The van der Waals surface area contributed by atoms with Crippen LogP contribution in [0.4, 0.5) is 0 Å². The number of oxime groups is 1. The maximum Gasteiger partial charge on any atom is 0.261 e. The van der Waals surface area contributed by atoms with Crippen molar-refractivity contribution in [3.8, 4) is 0 Å². The molecule has 0 unspecified atom stereocenters.